The maximum atomic E-state index is 8.46. The van der Waals surface area contributed by atoms with E-state index in [9.17, 15) is 0 Å². The second-order valence-electron chi connectivity index (χ2n) is 0.770. The number of hydrogen-bond donors (Lipinski definition) is 0. The van der Waals surface area contributed by atoms with Gasteiger partial charge >= 0.3 is 226 Å². The van der Waals surface area contributed by atoms with Crippen LogP contribution in [0.1, 0.15) is 0 Å². The average molecular weight is 631 g/mol. The van der Waals surface area contributed by atoms with E-state index in [1.54, 1.807) is 0 Å². The van der Waals surface area contributed by atoms with Crippen molar-refractivity contribution in [3.63, 3.8) is 0 Å². The molecule has 16 nitrogen and oxygen atoms in total. The Hall–Kier alpha value is 2.27. The molecule has 0 aromatic rings. The summed E-state index contributed by atoms with van der Waals surface area (Å²) in [6.07, 6.45) is 0. The Morgan fingerprint density at radius 2 is 0.308 bits per heavy atom. The van der Waals surface area contributed by atoms with Crippen LogP contribution in [0, 0.1) is 0 Å². The molecule has 137 valence electrons. The van der Waals surface area contributed by atoms with E-state index in [4.69, 9.17) is 63.7 Å². The van der Waals surface area contributed by atoms with Gasteiger partial charge in [0.05, 0.1) is 0 Å². The van der Waals surface area contributed by atoms with Crippen molar-refractivity contribution >= 4 is 124 Å². The van der Waals surface area contributed by atoms with Crippen LogP contribution in [0.3, 0.4) is 0 Å². The molecule has 0 aliphatic heterocycles. The van der Waals surface area contributed by atoms with Crippen molar-refractivity contribution < 1.29 is 102 Å². The van der Waals surface area contributed by atoms with Gasteiger partial charge < -0.3 is 0 Å². The molecule has 0 spiro atoms. The van der Waals surface area contributed by atoms with Gasteiger partial charge in [0.1, 0.15) is 0 Å². The van der Waals surface area contributed by atoms with E-state index < -0.39 is 124 Å². The first-order valence-corrected chi connectivity index (χ1v) is 11.3. The van der Waals surface area contributed by atoms with Crippen LogP contribution in [0.4, 0.5) is 0 Å². The zero-order chi connectivity index (χ0) is 21.7. The predicted molar refractivity (Wildman–Crippen MR) is 51.5 cm³/mol. The van der Waals surface area contributed by atoms with E-state index in [1.807, 2.05) is 0 Å². The summed E-state index contributed by atoms with van der Waals surface area (Å²) in [7, 11) is 0. The Balaban J connectivity index is -0.0000000139. The van der Waals surface area contributed by atoms with Gasteiger partial charge in [0, 0.05) is 0 Å². The summed E-state index contributed by atoms with van der Waals surface area (Å²) >= 11 is -14.0. The molecule has 0 saturated heterocycles. The molecule has 1 radical (unpaired) electrons. The van der Waals surface area contributed by atoms with Crippen LogP contribution >= 0.6 is 0 Å². The van der Waals surface area contributed by atoms with E-state index in [-0.39, 0.29) is 38.1 Å². The quantitative estimate of drug-likeness (QED) is 0.224. The minimum absolute atomic E-state index is 0. The second kappa shape index (κ2) is 178. The van der Waals surface area contributed by atoms with Crippen molar-refractivity contribution in [2.45, 2.75) is 0 Å². The Bertz CT molecular complexity index is 166. The molecule has 0 unspecified atom stereocenters. The molecule has 26 heteroatoms. The van der Waals surface area contributed by atoms with E-state index in [1.165, 1.54) is 0 Å². The molecule has 0 heterocycles. The molecule has 0 aliphatic carbocycles. The van der Waals surface area contributed by atoms with Crippen molar-refractivity contribution in [1.82, 2.24) is 0 Å². The molecule has 0 amide bonds. The topological polar surface area (TPSA) is 321 Å². The van der Waals surface area contributed by atoms with Crippen LogP contribution in [-0.2, 0) is 68.6 Å². The summed E-state index contributed by atoms with van der Waals surface area (Å²) < 4.78 is 135. The summed E-state index contributed by atoms with van der Waals surface area (Å²) in [5.74, 6) is 0. The summed E-state index contributed by atoms with van der Waals surface area (Å²) in [5, 5.41) is 0. The Morgan fingerprint density at radius 3 is 0.308 bits per heavy atom. The first-order chi connectivity index (χ1) is 11.3. The Kier molecular flexibility index (Phi) is 432. The summed E-state index contributed by atoms with van der Waals surface area (Å²) in [4.78, 5) is 0. The molecule has 0 N–H and O–H groups in total. The summed E-state index contributed by atoms with van der Waals surface area (Å²) in [6.45, 7) is 0. The zero-order valence-electron chi connectivity index (χ0n) is 11.9. The van der Waals surface area contributed by atoms with Gasteiger partial charge in [-0.2, -0.15) is 0 Å². The van der Waals surface area contributed by atoms with Crippen LogP contribution in [0.15, 0.2) is 0 Å². The molecule has 0 aromatic heterocycles. The average Bonchev–Trinajstić information content (AvgIpc) is 2.45. The van der Waals surface area contributed by atoms with E-state index in [0.717, 1.165) is 0 Å². The maximum absolute atomic E-state index is 8.46. The molecule has 26 heavy (non-hydrogen) atoms. The van der Waals surface area contributed by atoms with Crippen molar-refractivity contribution in [2.75, 3.05) is 0 Å². The molecular weight excluding hydrogens is 631 g/mol. The van der Waals surface area contributed by atoms with Gasteiger partial charge in [-0.3, -0.25) is 0 Å². The first-order valence-electron chi connectivity index (χ1n) is 3.77. The number of hydrogen-bond acceptors (Lipinski definition) is 16. The fourth-order valence-electron chi connectivity index (χ4n) is 0. The molecule has 0 rings (SSSR count). The third kappa shape index (κ3) is 3260. The minimum atomic E-state index is -1.75. The van der Waals surface area contributed by atoms with Crippen molar-refractivity contribution in [3.05, 3.63) is 0 Å². The van der Waals surface area contributed by atoms with E-state index >= 15 is 0 Å². The van der Waals surface area contributed by atoms with Gasteiger partial charge in [0.2, 0.25) is 0 Å². The van der Waals surface area contributed by atoms with Gasteiger partial charge in [0.25, 0.3) is 0 Å². The van der Waals surface area contributed by atoms with Crippen LogP contribution in [-0.4, -0.2) is 124 Å². The Morgan fingerprint density at radius 1 is 0.308 bits per heavy atom. The van der Waals surface area contributed by atoms with Crippen molar-refractivity contribution in [2.24, 2.45) is 0 Å². The van der Waals surface area contributed by atoms with E-state index in [2.05, 4.69) is 0 Å². The van der Waals surface area contributed by atoms with Crippen LogP contribution in [0.2, 0.25) is 0 Å². The van der Waals surface area contributed by atoms with Gasteiger partial charge in [-0.05, 0) is 0 Å². The monoisotopic (exact) mass is 633 g/mol. The normalized spacial score (nSPS) is 2.46. The van der Waals surface area contributed by atoms with Gasteiger partial charge in [-0.25, -0.2) is 0 Å². The van der Waals surface area contributed by atoms with Crippen LogP contribution in [0.25, 0.3) is 0 Å². The SMILES string of the molecule is [Cu+2].[Mo+6].[O]=[Al][O-].[O]=[Al][O-].[O]=[Al][O-].[O]=[Al][O-].[O]=[Al][O-].[O]=[Al][O-].[O]=[Al][O-].[O]=[Al][O-]. The third-order valence-electron chi connectivity index (χ3n) is 0. The standard InChI is InChI=1S/8Al.Cu.Mo.16O/q;;;;;;;;+2;+6;;;;;;;;;8*-1. The summed E-state index contributed by atoms with van der Waals surface area (Å²) in [5.41, 5.74) is 0. The zero-order valence-corrected chi connectivity index (χ0v) is 24.0. The summed E-state index contributed by atoms with van der Waals surface area (Å²) in [6, 6.07) is 0. The van der Waals surface area contributed by atoms with Crippen LogP contribution < -0.4 is 33.3 Å². The van der Waals surface area contributed by atoms with Crippen molar-refractivity contribution in [3.8, 4) is 0 Å². The fourth-order valence-corrected chi connectivity index (χ4v) is 0. The second-order valence-corrected chi connectivity index (χ2v) is 2.31. The van der Waals surface area contributed by atoms with Crippen LogP contribution in [0.5, 0.6) is 0 Å². The number of rotatable bonds is 0. The third-order valence-corrected chi connectivity index (χ3v) is 0. The molecular formula is Al8CuMoO16. The molecule has 0 aliphatic rings. The molecule has 0 aromatic carbocycles. The van der Waals surface area contributed by atoms with Crippen molar-refractivity contribution in [1.29, 1.82) is 0 Å². The first kappa shape index (κ1) is 63.0. The van der Waals surface area contributed by atoms with Gasteiger partial charge in [-0.15, -0.1) is 0 Å². The molecule has 0 atom stereocenters. The van der Waals surface area contributed by atoms with Gasteiger partial charge in [-0.1, -0.05) is 0 Å². The Labute approximate surface area is 222 Å². The predicted octanol–water partition coefficient (Wildman–Crippen LogP) is -13.5. The molecule has 0 bridgehead atoms. The molecule has 0 fully saturated rings. The van der Waals surface area contributed by atoms with E-state index in [0.29, 0.717) is 0 Å². The van der Waals surface area contributed by atoms with Gasteiger partial charge in [0.15, 0.2) is 0 Å². The molecule has 0 saturated carbocycles. The fraction of sp³-hybridized carbons (Fsp3) is 0.